The topological polar surface area (TPSA) is 53.6 Å². The van der Waals surface area contributed by atoms with E-state index >= 15 is 0 Å². The highest BCUT2D eigenvalue weighted by Gasteiger charge is 2.42. The Hall–Kier alpha value is -1.66. The van der Waals surface area contributed by atoms with Gasteiger partial charge in [-0.1, -0.05) is 12.1 Å². The van der Waals surface area contributed by atoms with Crippen LogP contribution in [0.4, 0.5) is 14.9 Å². The van der Waals surface area contributed by atoms with Crippen molar-refractivity contribution in [2.24, 2.45) is 5.92 Å². The number of carbonyl (C=O) groups excluding carboxylic acids is 1. The van der Waals surface area contributed by atoms with Crippen LogP contribution >= 0.6 is 0 Å². The predicted molar refractivity (Wildman–Crippen MR) is 84.8 cm³/mol. The van der Waals surface area contributed by atoms with Crippen molar-refractivity contribution in [3.05, 3.63) is 30.1 Å². The minimum Gasteiger partial charge on any atom is -0.375 e. The van der Waals surface area contributed by atoms with Crippen molar-refractivity contribution in [2.75, 3.05) is 25.0 Å². The van der Waals surface area contributed by atoms with Crippen LogP contribution in [0.25, 0.3) is 0 Å². The molecule has 2 aliphatic heterocycles. The number of rotatable bonds is 3. The number of para-hydroxylation sites is 1. The summed E-state index contributed by atoms with van der Waals surface area (Å²) >= 11 is 0. The number of fused-ring (bicyclic) bond motifs is 1. The number of anilines is 1. The maximum atomic E-state index is 13.6. The Morgan fingerprint density at radius 3 is 2.87 bits per heavy atom. The molecule has 0 spiro atoms. The van der Waals surface area contributed by atoms with Crippen LogP contribution in [0.2, 0.25) is 0 Å². The van der Waals surface area contributed by atoms with Gasteiger partial charge >= 0.3 is 6.03 Å². The Kier molecular flexibility index (Phi) is 3.95. The highest BCUT2D eigenvalue weighted by atomic mass is 19.1. The van der Waals surface area contributed by atoms with Crippen molar-refractivity contribution in [3.63, 3.8) is 0 Å². The van der Waals surface area contributed by atoms with E-state index in [1.54, 1.807) is 18.2 Å². The van der Waals surface area contributed by atoms with Crippen LogP contribution in [0.15, 0.2) is 24.3 Å². The Labute approximate surface area is 135 Å². The molecule has 2 N–H and O–H groups in total. The van der Waals surface area contributed by atoms with Crippen molar-refractivity contribution >= 4 is 11.7 Å². The van der Waals surface area contributed by atoms with Gasteiger partial charge in [0.25, 0.3) is 0 Å². The first-order valence-corrected chi connectivity index (χ1v) is 8.37. The van der Waals surface area contributed by atoms with Gasteiger partial charge in [0.2, 0.25) is 0 Å². The summed E-state index contributed by atoms with van der Waals surface area (Å²) in [6, 6.07) is 6.33. The number of nitrogens with zero attached hydrogens (tertiary/aromatic N) is 1. The largest absolute Gasteiger partial charge is 0.375 e. The fourth-order valence-corrected chi connectivity index (χ4v) is 3.66. The number of carbonyl (C=O) groups is 1. The third kappa shape index (κ3) is 3.33. The maximum Gasteiger partial charge on any atom is 0.319 e. The van der Waals surface area contributed by atoms with Crippen LogP contribution < -0.4 is 10.6 Å². The van der Waals surface area contributed by atoms with Gasteiger partial charge in [-0.3, -0.25) is 4.90 Å². The third-order valence-corrected chi connectivity index (χ3v) is 5.05. The molecule has 3 atom stereocenters. The summed E-state index contributed by atoms with van der Waals surface area (Å²) in [6.45, 7) is 2.58. The number of benzene rings is 1. The summed E-state index contributed by atoms with van der Waals surface area (Å²) in [5, 5.41) is 5.54. The maximum absolute atomic E-state index is 13.6. The highest BCUT2D eigenvalue weighted by molar-refractivity contribution is 5.89. The Morgan fingerprint density at radius 2 is 2.09 bits per heavy atom. The van der Waals surface area contributed by atoms with Gasteiger partial charge in [0.1, 0.15) is 5.82 Å². The van der Waals surface area contributed by atoms with Crippen LogP contribution in [-0.2, 0) is 4.74 Å². The number of nitrogens with one attached hydrogen (secondary N) is 2. The van der Waals surface area contributed by atoms with Gasteiger partial charge in [-0.25, -0.2) is 9.18 Å². The highest BCUT2D eigenvalue weighted by Crippen LogP contribution is 2.37. The molecular formula is C17H22FN3O2. The van der Waals surface area contributed by atoms with Gasteiger partial charge in [0.15, 0.2) is 0 Å². The lowest BCUT2D eigenvalue weighted by Gasteiger charge is -2.35. The van der Waals surface area contributed by atoms with Crippen LogP contribution in [0, 0.1) is 11.7 Å². The standard InChI is InChI=1S/C17H22FN3O2/c18-14-3-1-2-4-15(14)20-17(22)19-12-7-13-10-23-16(11-5-6-11)9-21(13)8-12/h1-4,11-13,16H,5-10H2,(H2,19,20,22)/t12-,13+,16-/m1/s1. The molecule has 2 amide bonds. The smallest absolute Gasteiger partial charge is 0.319 e. The fourth-order valence-electron chi connectivity index (χ4n) is 3.66. The second kappa shape index (κ2) is 6.09. The summed E-state index contributed by atoms with van der Waals surface area (Å²) in [6.07, 6.45) is 3.84. The third-order valence-electron chi connectivity index (χ3n) is 5.05. The minimum atomic E-state index is -0.424. The lowest BCUT2D eigenvalue weighted by Crippen LogP contribution is -2.47. The van der Waals surface area contributed by atoms with Crippen molar-refractivity contribution in [1.29, 1.82) is 0 Å². The van der Waals surface area contributed by atoms with E-state index in [1.807, 2.05) is 0 Å². The number of hydrogen-bond acceptors (Lipinski definition) is 3. The van der Waals surface area contributed by atoms with E-state index in [2.05, 4.69) is 15.5 Å². The molecule has 2 saturated heterocycles. The van der Waals surface area contributed by atoms with Crippen molar-refractivity contribution < 1.29 is 13.9 Å². The number of amides is 2. The molecule has 0 bridgehead atoms. The zero-order valence-corrected chi connectivity index (χ0v) is 13.0. The van der Waals surface area contributed by atoms with Crippen LogP contribution in [-0.4, -0.2) is 48.8 Å². The number of ether oxygens (including phenoxy) is 1. The number of morpholine rings is 1. The first kappa shape index (κ1) is 14.9. The molecule has 3 fully saturated rings. The summed E-state index contributed by atoms with van der Waals surface area (Å²) in [4.78, 5) is 14.5. The molecule has 4 rings (SSSR count). The lowest BCUT2D eigenvalue weighted by molar-refractivity contribution is -0.0581. The molecule has 0 unspecified atom stereocenters. The zero-order valence-electron chi connectivity index (χ0n) is 13.0. The van der Waals surface area contributed by atoms with E-state index in [4.69, 9.17) is 4.74 Å². The average molecular weight is 319 g/mol. The van der Waals surface area contributed by atoms with Gasteiger partial charge in [0, 0.05) is 25.2 Å². The Balaban J connectivity index is 1.30. The van der Waals surface area contributed by atoms with E-state index < -0.39 is 5.82 Å². The summed E-state index contributed by atoms with van der Waals surface area (Å²) in [5.41, 5.74) is 0.206. The molecule has 124 valence electrons. The van der Waals surface area contributed by atoms with Gasteiger partial charge < -0.3 is 15.4 Å². The van der Waals surface area contributed by atoms with Crippen molar-refractivity contribution in [1.82, 2.24) is 10.2 Å². The molecule has 2 heterocycles. The number of halogens is 1. The van der Waals surface area contributed by atoms with E-state index in [1.165, 1.54) is 18.9 Å². The molecule has 3 aliphatic rings. The van der Waals surface area contributed by atoms with Gasteiger partial charge in [-0.2, -0.15) is 0 Å². The molecule has 1 aromatic carbocycles. The monoisotopic (exact) mass is 319 g/mol. The SMILES string of the molecule is O=C(Nc1ccccc1F)N[C@@H]1C[C@H]2CO[C@@H](C3CC3)CN2C1. The second-order valence-corrected chi connectivity index (χ2v) is 6.83. The van der Waals surface area contributed by atoms with Crippen molar-refractivity contribution in [2.45, 2.75) is 37.5 Å². The van der Waals surface area contributed by atoms with Crippen molar-refractivity contribution in [3.8, 4) is 0 Å². The lowest BCUT2D eigenvalue weighted by atomic mass is 10.1. The molecule has 1 aromatic rings. The zero-order chi connectivity index (χ0) is 15.8. The van der Waals surface area contributed by atoms with Gasteiger partial charge in [-0.05, 0) is 37.3 Å². The Bertz CT molecular complexity index is 593. The first-order valence-electron chi connectivity index (χ1n) is 8.37. The first-order chi connectivity index (χ1) is 11.2. The van der Waals surface area contributed by atoms with E-state index in [0.29, 0.717) is 12.1 Å². The molecule has 0 radical (unpaired) electrons. The minimum absolute atomic E-state index is 0.0910. The van der Waals surface area contributed by atoms with Crippen LogP contribution in [0.1, 0.15) is 19.3 Å². The normalized spacial score (nSPS) is 30.7. The molecule has 5 nitrogen and oxygen atoms in total. The molecule has 0 aromatic heterocycles. The van der Waals surface area contributed by atoms with E-state index in [0.717, 1.165) is 32.0 Å². The fraction of sp³-hybridized carbons (Fsp3) is 0.588. The molecule has 23 heavy (non-hydrogen) atoms. The van der Waals surface area contributed by atoms with Crippen LogP contribution in [0.3, 0.4) is 0 Å². The van der Waals surface area contributed by atoms with E-state index in [-0.39, 0.29) is 17.8 Å². The summed E-state index contributed by atoms with van der Waals surface area (Å²) < 4.78 is 19.5. The second-order valence-electron chi connectivity index (χ2n) is 6.83. The molecular weight excluding hydrogens is 297 g/mol. The quantitative estimate of drug-likeness (QED) is 0.898. The van der Waals surface area contributed by atoms with E-state index in [9.17, 15) is 9.18 Å². The summed E-state index contributed by atoms with van der Waals surface area (Å²) in [5.74, 6) is 0.319. The molecule has 1 aliphatic carbocycles. The molecule has 1 saturated carbocycles. The summed E-state index contributed by atoms with van der Waals surface area (Å²) in [7, 11) is 0. The molecule has 6 heteroatoms. The average Bonchev–Trinajstić information content (AvgIpc) is 3.30. The number of urea groups is 1. The number of hydrogen-bond donors (Lipinski definition) is 2. The Morgan fingerprint density at radius 1 is 1.26 bits per heavy atom. The van der Waals surface area contributed by atoms with Crippen LogP contribution in [0.5, 0.6) is 0 Å². The van der Waals surface area contributed by atoms with Gasteiger partial charge in [0.05, 0.1) is 18.4 Å². The van der Waals surface area contributed by atoms with Gasteiger partial charge in [-0.15, -0.1) is 0 Å². The predicted octanol–water partition coefficient (Wildman–Crippen LogP) is 2.20.